The van der Waals surface area contributed by atoms with Gasteiger partial charge in [0.15, 0.2) is 11.5 Å². The van der Waals surface area contributed by atoms with Gasteiger partial charge in [-0.2, -0.15) is 0 Å². The third-order valence-electron chi connectivity index (χ3n) is 9.73. The Morgan fingerprint density at radius 3 is 2.11 bits per heavy atom. The molecule has 1 saturated heterocycles. The molecule has 2 aromatic carbocycles. The lowest BCUT2D eigenvalue weighted by molar-refractivity contribution is -0.121. The van der Waals surface area contributed by atoms with Crippen molar-refractivity contribution in [2.75, 3.05) is 65.6 Å². The molecule has 1 aliphatic heterocycles. The maximum atomic E-state index is 13.8. The first-order chi connectivity index (χ1) is 26.3. The Balaban J connectivity index is 1.09. The van der Waals surface area contributed by atoms with Crippen LogP contribution in [0.2, 0.25) is 5.02 Å². The molecular weight excluding hydrogens is 715 g/mol. The zero-order valence-electron chi connectivity index (χ0n) is 31.6. The molecule has 0 spiro atoms. The van der Waals surface area contributed by atoms with E-state index in [1.807, 2.05) is 19.1 Å². The molecule has 0 saturated carbocycles. The van der Waals surface area contributed by atoms with E-state index in [2.05, 4.69) is 20.2 Å². The SMILES string of the molecule is CCC1=C(CCCCCCCCCCOc2cc3ncnc(Nc4ccc(F)c(Cl)c4)c3cc2OCCCN2CCOCC2)C(=O)C(OC)=C(OC)C1=O. The molecule has 0 radical (unpaired) electrons. The van der Waals surface area contributed by atoms with Crippen LogP contribution in [0.1, 0.15) is 77.6 Å². The topological polar surface area (TPSA) is 121 Å². The summed E-state index contributed by atoms with van der Waals surface area (Å²) in [6, 6.07) is 8.22. The minimum atomic E-state index is -0.490. The van der Waals surface area contributed by atoms with Gasteiger partial charge in [0.25, 0.3) is 0 Å². The average Bonchev–Trinajstić information content (AvgIpc) is 3.18. The van der Waals surface area contributed by atoms with Crippen molar-refractivity contribution in [3.63, 3.8) is 0 Å². The van der Waals surface area contributed by atoms with Crippen molar-refractivity contribution < 1.29 is 37.7 Å². The molecule has 3 aromatic rings. The molecule has 1 aromatic heterocycles. The highest BCUT2D eigenvalue weighted by Crippen LogP contribution is 2.36. The van der Waals surface area contributed by atoms with Crippen molar-refractivity contribution in [2.24, 2.45) is 0 Å². The number of ether oxygens (including phenoxy) is 5. The number of hydrogen-bond donors (Lipinski definition) is 1. The van der Waals surface area contributed by atoms with Crippen LogP contribution < -0.4 is 14.8 Å². The second-order valence-corrected chi connectivity index (χ2v) is 13.8. The number of nitrogens with one attached hydrogen (secondary N) is 1. The second-order valence-electron chi connectivity index (χ2n) is 13.4. The first-order valence-corrected chi connectivity index (χ1v) is 19.4. The van der Waals surface area contributed by atoms with E-state index in [-0.39, 0.29) is 28.1 Å². The van der Waals surface area contributed by atoms with Crippen LogP contribution in [-0.4, -0.2) is 86.7 Å². The molecule has 11 nitrogen and oxygen atoms in total. The maximum absolute atomic E-state index is 13.8. The van der Waals surface area contributed by atoms with Gasteiger partial charge >= 0.3 is 0 Å². The molecule has 2 aliphatic rings. The number of Topliss-reactive ketones (excluding diaryl/α,β-unsaturated/α-hetero) is 2. The number of ketones is 2. The summed E-state index contributed by atoms with van der Waals surface area (Å²) in [7, 11) is 2.78. The van der Waals surface area contributed by atoms with Crippen LogP contribution in [0.5, 0.6) is 11.5 Å². The van der Waals surface area contributed by atoms with E-state index >= 15 is 0 Å². The zero-order valence-corrected chi connectivity index (χ0v) is 32.4. The van der Waals surface area contributed by atoms with Gasteiger partial charge in [-0.3, -0.25) is 14.5 Å². The van der Waals surface area contributed by atoms with Gasteiger partial charge in [0.05, 0.1) is 51.2 Å². The van der Waals surface area contributed by atoms with E-state index in [0.29, 0.717) is 65.7 Å². The predicted molar refractivity (Wildman–Crippen MR) is 207 cm³/mol. The summed E-state index contributed by atoms with van der Waals surface area (Å²) in [4.78, 5) is 37.1. The Hall–Kier alpha value is -4.26. The van der Waals surface area contributed by atoms with Crippen LogP contribution in [0.25, 0.3) is 10.9 Å². The molecule has 54 heavy (non-hydrogen) atoms. The normalized spacial score (nSPS) is 15.3. The highest BCUT2D eigenvalue weighted by molar-refractivity contribution is 6.31. The number of morpholine rings is 1. The van der Waals surface area contributed by atoms with Crippen LogP contribution >= 0.6 is 11.6 Å². The Kier molecular flexibility index (Phi) is 15.9. The zero-order chi connectivity index (χ0) is 38.3. The largest absolute Gasteiger partial charge is 0.490 e. The molecule has 2 heterocycles. The van der Waals surface area contributed by atoms with E-state index < -0.39 is 5.82 Å². The third-order valence-corrected chi connectivity index (χ3v) is 10.0. The fourth-order valence-corrected chi connectivity index (χ4v) is 6.99. The Bertz CT molecular complexity index is 1810. The quantitative estimate of drug-likeness (QED) is 0.0783. The van der Waals surface area contributed by atoms with Crippen LogP contribution in [0.3, 0.4) is 0 Å². The number of halogens is 2. The molecule has 0 bridgehead atoms. The van der Waals surface area contributed by atoms with Crippen molar-refractivity contribution >= 4 is 45.6 Å². The number of anilines is 2. The van der Waals surface area contributed by atoms with Crippen molar-refractivity contribution in [2.45, 2.75) is 77.6 Å². The summed E-state index contributed by atoms with van der Waals surface area (Å²) >= 11 is 6.02. The molecule has 0 amide bonds. The first-order valence-electron chi connectivity index (χ1n) is 19.0. The lowest BCUT2D eigenvalue weighted by atomic mass is 9.87. The third kappa shape index (κ3) is 10.9. The number of allylic oxidation sites excluding steroid dienone is 2. The lowest BCUT2D eigenvalue weighted by Gasteiger charge is -2.26. The number of methoxy groups -OCH3 is 2. The number of carbonyl (C=O) groups excluding carboxylic acids is 2. The van der Waals surface area contributed by atoms with Crippen molar-refractivity contribution in [3.8, 4) is 11.5 Å². The van der Waals surface area contributed by atoms with Crippen molar-refractivity contribution in [1.29, 1.82) is 0 Å². The minimum Gasteiger partial charge on any atom is -0.490 e. The Morgan fingerprint density at radius 2 is 1.44 bits per heavy atom. The van der Waals surface area contributed by atoms with Crippen molar-refractivity contribution in [1.82, 2.24) is 14.9 Å². The number of rotatable bonds is 22. The highest BCUT2D eigenvalue weighted by atomic mass is 35.5. The van der Waals surface area contributed by atoms with E-state index in [1.165, 1.54) is 32.7 Å². The van der Waals surface area contributed by atoms with Crippen LogP contribution in [0.4, 0.5) is 15.9 Å². The fourth-order valence-electron chi connectivity index (χ4n) is 6.81. The van der Waals surface area contributed by atoms with Gasteiger partial charge in [0, 0.05) is 47.9 Å². The van der Waals surface area contributed by atoms with Gasteiger partial charge in [-0.1, -0.05) is 57.0 Å². The molecule has 5 rings (SSSR count). The molecule has 0 atom stereocenters. The summed E-state index contributed by atoms with van der Waals surface area (Å²) in [5, 5.41) is 4.00. The standard InChI is InChI=1S/C41H52ClFN4O7/c1-4-29-30(38(49)40(51-3)39(50-2)37(29)48)14-11-9-7-5-6-8-10-12-20-53-36-26-34-31(25-35(36)54-21-13-17-47-18-22-52-23-19-47)41(45-27-44-34)46-28-15-16-33(43)32(42)24-28/h15-16,24-27H,4-14,17-23H2,1-3H3,(H,44,45,46). The number of nitrogens with zero attached hydrogens (tertiary/aromatic N) is 3. The molecule has 1 fully saturated rings. The monoisotopic (exact) mass is 766 g/mol. The minimum absolute atomic E-state index is 0.00161. The predicted octanol–water partition coefficient (Wildman–Crippen LogP) is 8.52. The smallest absolute Gasteiger partial charge is 0.228 e. The summed E-state index contributed by atoms with van der Waals surface area (Å²) in [5.41, 5.74) is 2.39. The van der Waals surface area contributed by atoms with E-state index in [4.69, 9.17) is 35.3 Å². The van der Waals surface area contributed by atoms with Gasteiger partial charge in [-0.25, -0.2) is 14.4 Å². The van der Waals surface area contributed by atoms with Gasteiger partial charge in [0.1, 0.15) is 18.0 Å². The number of aromatic nitrogens is 2. The van der Waals surface area contributed by atoms with Gasteiger partial charge in [-0.15, -0.1) is 0 Å². The number of fused-ring (bicyclic) bond motifs is 1. The second kappa shape index (κ2) is 21.0. The number of benzene rings is 2. The molecule has 292 valence electrons. The van der Waals surface area contributed by atoms with Crippen LogP contribution in [-0.2, 0) is 23.8 Å². The van der Waals surface area contributed by atoms with E-state index in [9.17, 15) is 14.0 Å². The summed E-state index contributed by atoms with van der Waals surface area (Å²) in [5.74, 6) is 0.838. The Morgan fingerprint density at radius 1 is 0.815 bits per heavy atom. The van der Waals surface area contributed by atoms with Gasteiger partial charge < -0.3 is 29.0 Å². The average molecular weight is 767 g/mol. The molecule has 1 N–H and O–H groups in total. The summed E-state index contributed by atoms with van der Waals surface area (Å²) in [6.45, 7) is 7.26. The van der Waals surface area contributed by atoms with E-state index in [0.717, 1.165) is 96.0 Å². The summed E-state index contributed by atoms with van der Waals surface area (Å²) < 4.78 is 42.3. The van der Waals surface area contributed by atoms with Gasteiger partial charge in [-0.05, 0) is 56.4 Å². The Labute approximate surface area is 322 Å². The molecule has 0 unspecified atom stereocenters. The number of hydrogen-bond acceptors (Lipinski definition) is 11. The fraction of sp³-hybridized carbons (Fsp3) is 0.512. The van der Waals surface area contributed by atoms with Gasteiger partial charge in [0.2, 0.25) is 23.1 Å². The van der Waals surface area contributed by atoms with E-state index in [1.54, 1.807) is 6.07 Å². The molecular formula is C41H52ClFN4O7. The van der Waals surface area contributed by atoms with Crippen molar-refractivity contribution in [3.05, 3.63) is 70.2 Å². The highest BCUT2D eigenvalue weighted by Gasteiger charge is 2.35. The first kappa shape index (κ1) is 40.9. The maximum Gasteiger partial charge on any atom is 0.228 e. The number of unbranched alkanes of at least 4 members (excludes halogenated alkanes) is 7. The van der Waals surface area contributed by atoms with Crippen LogP contribution in [0.15, 0.2) is 59.3 Å². The number of carbonyl (C=O) groups is 2. The molecule has 13 heteroatoms. The molecule has 1 aliphatic carbocycles. The van der Waals surface area contributed by atoms with Crippen LogP contribution in [0, 0.1) is 5.82 Å². The summed E-state index contributed by atoms with van der Waals surface area (Å²) in [6.07, 6.45) is 11.6. The lowest BCUT2D eigenvalue weighted by Crippen LogP contribution is -2.37.